The van der Waals surface area contributed by atoms with Crippen molar-refractivity contribution in [3.05, 3.63) is 47.5 Å². The number of fused-ring (bicyclic) bond motifs is 1. The van der Waals surface area contributed by atoms with E-state index in [2.05, 4.69) is 10.3 Å². The topological polar surface area (TPSA) is 60.5 Å². The first-order valence-electron chi connectivity index (χ1n) is 7.02. The molecule has 1 amide bonds. The van der Waals surface area contributed by atoms with Crippen LogP contribution in [0.1, 0.15) is 15.9 Å². The highest BCUT2D eigenvalue weighted by Gasteiger charge is 2.15. The van der Waals surface area contributed by atoms with Crippen LogP contribution in [0.15, 0.2) is 36.4 Å². The third kappa shape index (κ3) is 2.98. The van der Waals surface area contributed by atoms with E-state index in [9.17, 15) is 4.79 Å². The number of methoxy groups -OCH3 is 2. The third-order valence-electron chi connectivity index (χ3n) is 3.49. The Morgan fingerprint density at radius 3 is 2.70 bits per heavy atom. The summed E-state index contributed by atoms with van der Waals surface area (Å²) in [4.78, 5) is 17.0. The standard InChI is InChI=1S/C17H16N2O3S/c1-10-5-4-6-14-15(10)18-17(23-14)19-16(20)12-8-7-11(21-2)9-13(12)22-3/h4-9H,1-3H3,(H,18,19,20). The van der Waals surface area contributed by atoms with Gasteiger partial charge in [0.2, 0.25) is 0 Å². The van der Waals surface area contributed by atoms with Crippen molar-refractivity contribution in [2.75, 3.05) is 19.5 Å². The summed E-state index contributed by atoms with van der Waals surface area (Å²) in [7, 11) is 3.09. The van der Waals surface area contributed by atoms with Gasteiger partial charge in [-0.2, -0.15) is 0 Å². The average molecular weight is 328 g/mol. The number of carbonyl (C=O) groups excluding carboxylic acids is 1. The van der Waals surface area contributed by atoms with Gasteiger partial charge in [0.25, 0.3) is 5.91 Å². The molecule has 23 heavy (non-hydrogen) atoms. The summed E-state index contributed by atoms with van der Waals surface area (Å²) >= 11 is 1.45. The van der Waals surface area contributed by atoms with Crippen LogP contribution in [-0.4, -0.2) is 25.1 Å². The number of aromatic nitrogens is 1. The van der Waals surface area contributed by atoms with Crippen molar-refractivity contribution in [2.24, 2.45) is 0 Å². The summed E-state index contributed by atoms with van der Waals surface area (Å²) in [6, 6.07) is 11.0. The molecule has 5 nitrogen and oxygen atoms in total. The van der Waals surface area contributed by atoms with E-state index in [-0.39, 0.29) is 5.91 Å². The predicted molar refractivity (Wildman–Crippen MR) is 91.9 cm³/mol. The van der Waals surface area contributed by atoms with E-state index in [1.807, 2.05) is 25.1 Å². The largest absolute Gasteiger partial charge is 0.497 e. The average Bonchev–Trinajstić information content (AvgIpc) is 2.98. The van der Waals surface area contributed by atoms with Crippen molar-refractivity contribution < 1.29 is 14.3 Å². The SMILES string of the molecule is COc1ccc(C(=O)Nc2nc3c(C)cccc3s2)c(OC)c1. The molecule has 1 aromatic heterocycles. The number of aryl methyl sites for hydroxylation is 1. The van der Waals surface area contributed by atoms with Gasteiger partial charge < -0.3 is 9.47 Å². The summed E-state index contributed by atoms with van der Waals surface area (Å²) in [5.74, 6) is 0.828. The lowest BCUT2D eigenvalue weighted by Crippen LogP contribution is -2.13. The first-order valence-corrected chi connectivity index (χ1v) is 7.83. The minimum Gasteiger partial charge on any atom is -0.497 e. The smallest absolute Gasteiger partial charge is 0.261 e. The maximum absolute atomic E-state index is 12.5. The Labute approximate surface area is 137 Å². The van der Waals surface area contributed by atoms with Gasteiger partial charge in [-0.05, 0) is 30.7 Å². The molecule has 0 saturated carbocycles. The first kappa shape index (κ1) is 15.3. The van der Waals surface area contributed by atoms with Crippen LogP contribution in [0, 0.1) is 6.92 Å². The number of hydrogen-bond donors (Lipinski definition) is 1. The second-order valence-electron chi connectivity index (χ2n) is 4.96. The Bertz CT molecular complexity index is 873. The minimum absolute atomic E-state index is 0.263. The molecular formula is C17H16N2O3S. The quantitative estimate of drug-likeness (QED) is 0.790. The summed E-state index contributed by atoms with van der Waals surface area (Å²) in [5, 5.41) is 3.40. The van der Waals surface area contributed by atoms with Gasteiger partial charge in [-0.1, -0.05) is 23.5 Å². The summed E-state index contributed by atoms with van der Waals surface area (Å²) in [6.45, 7) is 2.00. The predicted octanol–water partition coefficient (Wildman–Crippen LogP) is 3.87. The molecule has 0 aliphatic carbocycles. The van der Waals surface area contributed by atoms with E-state index in [1.165, 1.54) is 18.4 Å². The number of nitrogens with one attached hydrogen (secondary N) is 1. The number of ether oxygens (including phenoxy) is 2. The highest BCUT2D eigenvalue weighted by atomic mass is 32.1. The molecule has 0 aliphatic rings. The zero-order valence-corrected chi connectivity index (χ0v) is 13.9. The fraction of sp³-hybridized carbons (Fsp3) is 0.176. The van der Waals surface area contributed by atoms with Crippen LogP contribution in [0.2, 0.25) is 0 Å². The minimum atomic E-state index is -0.263. The highest BCUT2D eigenvalue weighted by molar-refractivity contribution is 7.22. The van der Waals surface area contributed by atoms with E-state index < -0.39 is 0 Å². The fourth-order valence-electron chi connectivity index (χ4n) is 2.29. The molecule has 118 valence electrons. The monoisotopic (exact) mass is 328 g/mol. The Hall–Kier alpha value is -2.60. The fourth-order valence-corrected chi connectivity index (χ4v) is 3.23. The van der Waals surface area contributed by atoms with Crippen molar-refractivity contribution in [1.82, 2.24) is 4.98 Å². The second kappa shape index (κ2) is 6.26. The molecule has 2 aromatic carbocycles. The molecule has 0 aliphatic heterocycles. The van der Waals surface area contributed by atoms with Gasteiger partial charge in [-0.3, -0.25) is 10.1 Å². The first-order chi connectivity index (χ1) is 11.1. The zero-order chi connectivity index (χ0) is 16.4. The Morgan fingerprint density at radius 2 is 2.00 bits per heavy atom. The van der Waals surface area contributed by atoms with E-state index >= 15 is 0 Å². The normalized spacial score (nSPS) is 10.6. The third-order valence-corrected chi connectivity index (χ3v) is 4.43. The van der Waals surface area contributed by atoms with E-state index in [4.69, 9.17) is 9.47 Å². The number of thiazole rings is 1. The zero-order valence-electron chi connectivity index (χ0n) is 13.0. The molecule has 1 N–H and O–H groups in total. The maximum atomic E-state index is 12.5. The van der Waals surface area contributed by atoms with Crippen molar-refractivity contribution in [3.63, 3.8) is 0 Å². The Morgan fingerprint density at radius 1 is 1.17 bits per heavy atom. The van der Waals surface area contributed by atoms with Crippen LogP contribution in [0.25, 0.3) is 10.2 Å². The summed E-state index contributed by atoms with van der Waals surface area (Å²) in [5.41, 5.74) is 2.43. The Balaban J connectivity index is 1.90. The van der Waals surface area contributed by atoms with E-state index in [0.29, 0.717) is 22.2 Å². The molecule has 0 atom stereocenters. The van der Waals surface area contributed by atoms with Gasteiger partial charge in [0, 0.05) is 6.07 Å². The number of anilines is 1. The molecule has 0 fully saturated rings. The van der Waals surface area contributed by atoms with Gasteiger partial charge in [0.05, 0.1) is 30.0 Å². The molecule has 0 bridgehead atoms. The van der Waals surface area contributed by atoms with Crippen molar-refractivity contribution in [1.29, 1.82) is 0 Å². The summed E-state index contributed by atoms with van der Waals surface area (Å²) < 4.78 is 11.5. The van der Waals surface area contributed by atoms with Crippen LogP contribution < -0.4 is 14.8 Å². The number of benzene rings is 2. The van der Waals surface area contributed by atoms with E-state index in [1.54, 1.807) is 25.3 Å². The van der Waals surface area contributed by atoms with E-state index in [0.717, 1.165) is 15.8 Å². The lowest BCUT2D eigenvalue weighted by molar-refractivity contribution is 0.102. The van der Waals surface area contributed by atoms with Gasteiger partial charge in [-0.25, -0.2) is 4.98 Å². The lowest BCUT2D eigenvalue weighted by atomic mass is 10.2. The van der Waals surface area contributed by atoms with Crippen molar-refractivity contribution in [3.8, 4) is 11.5 Å². The molecule has 3 rings (SSSR count). The molecule has 6 heteroatoms. The number of rotatable bonds is 4. The lowest BCUT2D eigenvalue weighted by Gasteiger charge is -2.09. The molecule has 0 spiro atoms. The molecule has 0 radical (unpaired) electrons. The van der Waals surface area contributed by atoms with Gasteiger partial charge in [0.15, 0.2) is 5.13 Å². The molecule has 1 heterocycles. The van der Waals surface area contributed by atoms with Crippen LogP contribution in [0.5, 0.6) is 11.5 Å². The van der Waals surface area contributed by atoms with Gasteiger partial charge in [-0.15, -0.1) is 0 Å². The van der Waals surface area contributed by atoms with Gasteiger partial charge in [0.1, 0.15) is 11.5 Å². The highest BCUT2D eigenvalue weighted by Crippen LogP contribution is 2.30. The molecule has 3 aromatic rings. The molecule has 0 saturated heterocycles. The second-order valence-corrected chi connectivity index (χ2v) is 5.99. The number of carbonyl (C=O) groups is 1. The van der Waals surface area contributed by atoms with Crippen molar-refractivity contribution >= 4 is 32.6 Å². The van der Waals surface area contributed by atoms with Crippen LogP contribution in [0.4, 0.5) is 5.13 Å². The van der Waals surface area contributed by atoms with Gasteiger partial charge >= 0.3 is 0 Å². The summed E-state index contributed by atoms with van der Waals surface area (Å²) in [6.07, 6.45) is 0. The number of hydrogen-bond acceptors (Lipinski definition) is 5. The Kier molecular flexibility index (Phi) is 4.16. The van der Waals surface area contributed by atoms with Crippen LogP contribution >= 0.6 is 11.3 Å². The number of para-hydroxylation sites is 1. The van der Waals surface area contributed by atoms with Crippen molar-refractivity contribution in [2.45, 2.75) is 6.92 Å². The number of amides is 1. The number of nitrogens with zero attached hydrogens (tertiary/aromatic N) is 1. The maximum Gasteiger partial charge on any atom is 0.261 e. The molecular weight excluding hydrogens is 312 g/mol. The molecule has 0 unspecified atom stereocenters. The van der Waals surface area contributed by atoms with Crippen LogP contribution in [0.3, 0.4) is 0 Å². The van der Waals surface area contributed by atoms with Crippen LogP contribution in [-0.2, 0) is 0 Å².